The average Bonchev–Trinajstić information content (AvgIpc) is 2.48. The van der Waals surface area contributed by atoms with Crippen LogP contribution in [0.4, 0.5) is 5.69 Å². The highest BCUT2D eigenvalue weighted by Gasteiger charge is 2.27. The smallest absolute Gasteiger partial charge is 0.250 e. The van der Waals surface area contributed by atoms with Crippen molar-refractivity contribution in [3.05, 3.63) is 24.3 Å². The van der Waals surface area contributed by atoms with Crippen molar-refractivity contribution in [1.29, 1.82) is 0 Å². The van der Waals surface area contributed by atoms with Gasteiger partial charge in [-0.1, -0.05) is 6.92 Å². The zero-order valence-electron chi connectivity index (χ0n) is 12.9. The molecule has 1 aromatic carbocycles. The van der Waals surface area contributed by atoms with E-state index in [-0.39, 0.29) is 17.4 Å². The van der Waals surface area contributed by atoms with E-state index in [9.17, 15) is 13.2 Å². The Hall–Kier alpha value is -1.44. The van der Waals surface area contributed by atoms with Crippen LogP contribution in [0.15, 0.2) is 29.2 Å². The number of benzene rings is 1. The summed E-state index contributed by atoms with van der Waals surface area (Å²) in [5.74, 6) is 0.299. The van der Waals surface area contributed by atoms with E-state index in [0.29, 0.717) is 24.7 Å². The molecule has 0 aliphatic carbocycles. The summed E-state index contributed by atoms with van der Waals surface area (Å²) in [6.07, 6.45) is 1.79. The van der Waals surface area contributed by atoms with Crippen molar-refractivity contribution in [2.45, 2.75) is 24.7 Å². The Morgan fingerprint density at radius 3 is 2.41 bits per heavy atom. The van der Waals surface area contributed by atoms with Crippen molar-refractivity contribution in [2.75, 3.05) is 32.1 Å². The van der Waals surface area contributed by atoms with Crippen LogP contribution in [0.2, 0.25) is 0 Å². The number of carbonyl (C=O) groups excluding carboxylic acids is 1. The molecule has 1 aromatic rings. The van der Waals surface area contributed by atoms with Gasteiger partial charge in [0.25, 0.3) is 0 Å². The molecule has 1 fully saturated rings. The number of rotatable bonds is 5. The van der Waals surface area contributed by atoms with Gasteiger partial charge in [0, 0.05) is 25.9 Å². The first-order valence-corrected chi connectivity index (χ1v) is 8.76. The minimum atomic E-state index is -3.44. The molecule has 1 amide bonds. The topological polar surface area (TPSA) is 75.7 Å². The zero-order valence-corrected chi connectivity index (χ0v) is 13.7. The number of hydrogen-bond acceptors (Lipinski definition) is 4. The van der Waals surface area contributed by atoms with Crippen LogP contribution >= 0.6 is 0 Å². The van der Waals surface area contributed by atoms with Crippen molar-refractivity contribution in [3.63, 3.8) is 0 Å². The van der Waals surface area contributed by atoms with Gasteiger partial charge < -0.3 is 10.1 Å². The Labute approximate surface area is 131 Å². The number of anilines is 1. The lowest BCUT2D eigenvalue weighted by molar-refractivity contribution is -0.119. The van der Waals surface area contributed by atoms with Gasteiger partial charge in [-0.05, 0) is 43.0 Å². The number of hydrogen-bond donors (Lipinski definition) is 1. The SMILES string of the molecule is COCC(=O)Nc1ccc(S(=O)(=O)N2CCC(C)CC2)cc1. The van der Waals surface area contributed by atoms with Crippen LogP contribution in [0.25, 0.3) is 0 Å². The molecule has 0 atom stereocenters. The molecule has 1 N–H and O–H groups in total. The molecule has 22 heavy (non-hydrogen) atoms. The number of amides is 1. The lowest BCUT2D eigenvalue weighted by Crippen LogP contribution is -2.37. The Kier molecular flexibility index (Phi) is 5.55. The normalized spacial score (nSPS) is 17.4. The zero-order chi connectivity index (χ0) is 16.2. The molecule has 0 radical (unpaired) electrons. The molecule has 1 aliphatic rings. The summed E-state index contributed by atoms with van der Waals surface area (Å²) in [6, 6.07) is 6.23. The predicted octanol–water partition coefficient (Wildman–Crippen LogP) is 1.69. The highest BCUT2D eigenvalue weighted by molar-refractivity contribution is 7.89. The lowest BCUT2D eigenvalue weighted by Gasteiger charge is -2.29. The average molecular weight is 326 g/mol. The van der Waals surface area contributed by atoms with Crippen molar-refractivity contribution < 1.29 is 17.9 Å². The van der Waals surface area contributed by atoms with Crippen LogP contribution < -0.4 is 5.32 Å². The van der Waals surface area contributed by atoms with E-state index in [2.05, 4.69) is 12.2 Å². The van der Waals surface area contributed by atoms with E-state index in [1.165, 1.54) is 23.5 Å². The molecule has 0 spiro atoms. The second-order valence-corrected chi connectivity index (χ2v) is 7.53. The molecule has 0 saturated carbocycles. The maximum absolute atomic E-state index is 12.5. The number of piperidine rings is 1. The van der Waals surface area contributed by atoms with E-state index in [0.717, 1.165) is 12.8 Å². The van der Waals surface area contributed by atoms with Crippen molar-refractivity contribution in [1.82, 2.24) is 4.31 Å². The molecular formula is C15H22N2O4S. The fourth-order valence-corrected chi connectivity index (χ4v) is 3.88. The maximum Gasteiger partial charge on any atom is 0.250 e. The highest BCUT2D eigenvalue weighted by atomic mass is 32.2. The molecule has 0 aromatic heterocycles. The number of nitrogens with zero attached hydrogens (tertiary/aromatic N) is 1. The second-order valence-electron chi connectivity index (χ2n) is 5.59. The second kappa shape index (κ2) is 7.21. The van der Waals surface area contributed by atoms with Crippen LogP contribution in [0, 0.1) is 5.92 Å². The summed E-state index contributed by atoms with van der Waals surface area (Å²) in [5, 5.41) is 2.63. The molecule has 2 rings (SSSR count). The molecule has 0 unspecified atom stereocenters. The summed E-state index contributed by atoms with van der Waals surface area (Å²) in [5.41, 5.74) is 0.549. The van der Waals surface area contributed by atoms with Gasteiger partial charge >= 0.3 is 0 Å². The molecule has 1 heterocycles. The third-order valence-electron chi connectivity index (χ3n) is 3.79. The van der Waals surface area contributed by atoms with Crippen LogP contribution in [0.3, 0.4) is 0 Å². The van der Waals surface area contributed by atoms with Crippen molar-refractivity contribution in [2.24, 2.45) is 5.92 Å². The number of carbonyl (C=O) groups is 1. The summed E-state index contributed by atoms with van der Waals surface area (Å²) in [4.78, 5) is 11.7. The number of methoxy groups -OCH3 is 1. The van der Waals surface area contributed by atoms with Gasteiger partial charge in [-0.2, -0.15) is 4.31 Å². The highest BCUT2D eigenvalue weighted by Crippen LogP contribution is 2.24. The maximum atomic E-state index is 12.5. The van der Waals surface area contributed by atoms with E-state index >= 15 is 0 Å². The number of ether oxygens (including phenoxy) is 1. The monoisotopic (exact) mass is 326 g/mol. The van der Waals surface area contributed by atoms with Gasteiger partial charge in [-0.3, -0.25) is 4.79 Å². The summed E-state index contributed by atoms with van der Waals surface area (Å²) < 4.78 is 31.4. The van der Waals surface area contributed by atoms with Crippen molar-refractivity contribution in [3.8, 4) is 0 Å². The first-order chi connectivity index (χ1) is 10.4. The summed E-state index contributed by atoms with van der Waals surface area (Å²) in [7, 11) is -2.01. The predicted molar refractivity (Wildman–Crippen MR) is 84.1 cm³/mol. The molecule has 122 valence electrons. The van der Waals surface area contributed by atoms with Crippen molar-refractivity contribution >= 4 is 21.6 Å². The molecule has 0 bridgehead atoms. The first kappa shape index (κ1) is 16.9. The fourth-order valence-electron chi connectivity index (χ4n) is 2.41. The molecule has 7 heteroatoms. The van der Waals surface area contributed by atoms with Gasteiger partial charge in [-0.15, -0.1) is 0 Å². The third kappa shape index (κ3) is 4.06. The molecule has 1 aliphatic heterocycles. The number of nitrogens with one attached hydrogen (secondary N) is 1. The van der Waals surface area contributed by atoms with Crippen LogP contribution in [-0.2, 0) is 19.6 Å². The molecule has 6 nitrogen and oxygen atoms in total. The van der Waals surface area contributed by atoms with E-state index < -0.39 is 10.0 Å². The van der Waals surface area contributed by atoms with Crippen LogP contribution in [0.1, 0.15) is 19.8 Å². The minimum absolute atomic E-state index is 0.0357. The lowest BCUT2D eigenvalue weighted by atomic mass is 10.0. The van der Waals surface area contributed by atoms with Gasteiger partial charge in [0.1, 0.15) is 6.61 Å². The Bertz CT molecular complexity index is 605. The minimum Gasteiger partial charge on any atom is -0.375 e. The van der Waals surface area contributed by atoms with E-state index in [1.54, 1.807) is 12.1 Å². The van der Waals surface area contributed by atoms with Gasteiger partial charge in [0.15, 0.2) is 0 Å². The Morgan fingerprint density at radius 2 is 1.86 bits per heavy atom. The number of sulfonamides is 1. The quantitative estimate of drug-likeness (QED) is 0.893. The van der Waals surface area contributed by atoms with Crippen LogP contribution in [0.5, 0.6) is 0 Å². The standard InChI is InChI=1S/C15H22N2O4S/c1-12-7-9-17(10-8-12)22(19,20)14-5-3-13(4-6-14)16-15(18)11-21-2/h3-6,12H,7-11H2,1-2H3,(H,16,18). The Balaban J connectivity index is 2.07. The van der Waals surface area contributed by atoms with Gasteiger partial charge in [0.2, 0.25) is 15.9 Å². The third-order valence-corrected chi connectivity index (χ3v) is 5.71. The summed E-state index contributed by atoms with van der Waals surface area (Å²) >= 11 is 0. The van der Waals surface area contributed by atoms with Crippen LogP contribution in [-0.4, -0.2) is 45.4 Å². The van der Waals surface area contributed by atoms with E-state index in [4.69, 9.17) is 4.74 Å². The largest absolute Gasteiger partial charge is 0.375 e. The van der Waals surface area contributed by atoms with E-state index in [1.807, 2.05) is 0 Å². The van der Waals surface area contributed by atoms with Gasteiger partial charge in [0.05, 0.1) is 4.90 Å². The molecular weight excluding hydrogens is 304 g/mol. The first-order valence-electron chi connectivity index (χ1n) is 7.32. The summed E-state index contributed by atoms with van der Waals surface area (Å²) in [6.45, 7) is 3.24. The van der Waals surface area contributed by atoms with Gasteiger partial charge in [-0.25, -0.2) is 8.42 Å². The molecule has 1 saturated heterocycles. The Morgan fingerprint density at radius 1 is 1.27 bits per heavy atom. The fraction of sp³-hybridized carbons (Fsp3) is 0.533.